The van der Waals surface area contributed by atoms with E-state index in [0.29, 0.717) is 19.3 Å². The fraction of sp³-hybridized carbons (Fsp3) is 0.795. The van der Waals surface area contributed by atoms with Crippen LogP contribution < -0.4 is 0 Å². The van der Waals surface area contributed by atoms with Crippen molar-refractivity contribution in [3.8, 4) is 0 Å². The number of carbonyl (C=O) groups excluding carboxylic acids is 3. The summed E-state index contributed by atoms with van der Waals surface area (Å²) in [6, 6.07) is 0. The van der Waals surface area contributed by atoms with Crippen molar-refractivity contribution >= 4 is 17.9 Å². The zero-order chi connectivity index (χ0) is 34.1. The standard InChI is InChI=1S/C39H70NO6/c1-6-8-10-12-14-16-18-20-22-24-26-29-36(41)44-33-39(3,35-46-38(43)31-28-32-40(4)5)34-45-37(42)30-27-25-23-21-19-17-15-13-11-9-7-2/h12-15H,3,6-11,16-35H2,1-2,4-5H3/b14-12-,15-13-. The number of rotatable bonds is 32. The second-order valence-electron chi connectivity index (χ2n) is 13.2. The van der Waals surface area contributed by atoms with E-state index in [1.165, 1.54) is 51.4 Å². The van der Waals surface area contributed by atoms with Gasteiger partial charge in [0.15, 0.2) is 0 Å². The van der Waals surface area contributed by atoms with Crippen LogP contribution in [0.15, 0.2) is 24.3 Å². The average molecular weight is 649 g/mol. The van der Waals surface area contributed by atoms with Crippen LogP contribution in [0.25, 0.3) is 0 Å². The zero-order valence-electron chi connectivity index (χ0n) is 30.3. The second kappa shape index (κ2) is 31.4. The van der Waals surface area contributed by atoms with E-state index in [-0.39, 0.29) is 44.1 Å². The van der Waals surface area contributed by atoms with Gasteiger partial charge in [-0.05, 0) is 85.4 Å². The maximum Gasteiger partial charge on any atom is 0.305 e. The Morgan fingerprint density at radius 3 is 1.22 bits per heavy atom. The molecule has 0 aliphatic rings. The van der Waals surface area contributed by atoms with Crippen molar-refractivity contribution in [1.29, 1.82) is 0 Å². The molecule has 0 aliphatic heterocycles. The van der Waals surface area contributed by atoms with Gasteiger partial charge in [-0.25, -0.2) is 0 Å². The molecule has 1 radical (unpaired) electrons. The van der Waals surface area contributed by atoms with Crippen LogP contribution in [0.2, 0.25) is 0 Å². The summed E-state index contributed by atoms with van der Waals surface area (Å²) < 4.78 is 16.6. The summed E-state index contributed by atoms with van der Waals surface area (Å²) in [6.45, 7) is 9.16. The molecule has 0 atom stereocenters. The highest BCUT2D eigenvalue weighted by Crippen LogP contribution is 2.20. The fourth-order valence-corrected chi connectivity index (χ4v) is 4.82. The first-order valence-corrected chi connectivity index (χ1v) is 18.5. The average Bonchev–Trinajstić information content (AvgIpc) is 3.03. The highest BCUT2D eigenvalue weighted by Gasteiger charge is 2.31. The SMILES string of the molecule is [CH2]C(COC(=O)CCCCCCC/C=C\CCCC)(COC(=O)CCCCCCC/C=C\CCCC)COC(=O)CCCN(C)C. The van der Waals surface area contributed by atoms with Gasteiger partial charge in [-0.15, -0.1) is 0 Å². The fourth-order valence-electron chi connectivity index (χ4n) is 4.82. The molecule has 0 aromatic carbocycles. The summed E-state index contributed by atoms with van der Waals surface area (Å²) in [5.41, 5.74) is -1.04. The Balaban J connectivity index is 4.45. The van der Waals surface area contributed by atoms with Crippen molar-refractivity contribution in [2.75, 3.05) is 40.5 Å². The van der Waals surface area contributed by atoms with Crippen molar-refractivity contribution < 1.29 is 28.6 Å². The van der Waals surface area contributed by atoms with Gasteiger partial charge in [-0.2, -0.15) is 0 Å². The molecule has 0 rings (SSSR count). The second-order valence-corrected chi connectivity index (χ2v) is 13.2. The molecule has 7 nitrogen and oxygen atoms in total. The Bertz CT molecular complexity index is 758. The van der Waals surface area contributed by atoms with Crippen molar-refractivity contribution in [3.63, 3.8) is 0 Å². The van der Waals surface area contributed by atoms with Crippen LogP contribution in [0.5, 0.6) is 0 Å². The number of carbonyl (C=O) groups is 3. The maximum absolute atomic E-state index is 12.5. The van der Waals surface area contributed by atoms with Gasteiger partial charge in [0.2, 0.25) is 0 Å². The molecule has 0 spiro atoms. The summed E-state index contributed by atoms with van der Waals surface area (Å²) in [5.74, 6) is -0.931. The van der Waals surface area contributed by atoms with E-state index in [9.17, 15) is 14.4 Å². The predicted molar refractivity (Wildman–Crippen MR) is 190 cm³/mol. The van der Waals surface area contributed by atoms with Gasteiger partial charge in [0.25, 0.3) is 0 Å². The van der Waals surface area contributed by atoms with Gasteiger partial charge in [0, 0.05) is 19.3 Å². The molecule has 0 N–H and O–H groups in total. The van der Waals surface area contributed by atoms with Crippen LogP contribution >= 0.6 is 0 Å². The molecule has 0 unspecified atom stereocenters. The van der Waals surface area contributed by atoms with Gasteiger partial charge in [-0.1, -0.05) is 102 Å². The number of unbranched alkanes of at least 4 members (excludes halogenated alkanes) is 14. The lowest BCUT2D eigenvalue weighted by atomic mass is 9.94. The van der Waals surface area contributed by atoms with Crippen molar-refractivity contribution in [2.24, 2.45) is 5.41 Å². The molecule has 0 aromatic heterocycles. The maximum atomic E-state index is 12.5. The van der Waals surface area contributed by atoms with E-state index in [2.05, 4.69) is 45.1 Å². The molecule has 0 heterocycles. The van der Waals surface area contributed by atoms with E-state index >= 15 is 0 Å². The minimum atomic E-state index is -1.04. The molecule has 0 aromatic rings. The third kappa shape index (κ3) is 30.5. The lowest BCUT2D eigenvalue weighted by Gasteiger charge is -2.28. The normalized spacial score (nSPS) is 12.0. The molecule has 0 bridgehead atoms. The third-order valence-corrected chi connectivity index (χ3v) is 7.89. The van der Waals surface area contributed by atoms with Gasteiger partial charge in [0.05, 0.1) is 5.41 Å². The Hall–Kier alpha value is -2.15. The number of hydrogen-bond acceptors (Lipinski definition) is 7. The lowest BCUT2D eigenvalue weighted by molar-refractivity contribution is -0.158. The monoisotopic (exact) mass is 649 g/mol. The zero-order valence-corrected chi connectivity index (χ0v) is 30.3. The first-order valence-electron chi connectivity index (χ1n) is 18.5. The largest absolute Gasteiger partial charge is 0.465 e. The van der Waals surface area contributed by atoms with Crippen LogP contribution in [0.4, 0.5) is 0 Å². The summed E-state index contributed by atoms with van der Waals surface area (Å²) in [5, 5.41) is 0. The summed E-state index contributed by atoms with van der Waals surface area (Å²) in [6.07, 6.45) is 30.8. The summed E-state index contributed by atoms with van der Waals surface area (Å²) in [7, 11) is 3.91. The molecule has 267 valence electrons. The first-order chi connectivity index (χ1) is 22.2. The van der Waals surface area contributed by atoms with Crippen LogP contribution in [0.3, 0.4) is 0 Å². The quantitative estimate of drug-likeness (QED) is 0.0311. The van der Waals surface area contributed by atoms with Crippen LogP contribution in [-0.2, 0) is 28.6 Å². The summed E-state index contributed by atoms with van der Waals surface area (Å²) in [4.78, 5) is 39.3. The number of allylic oxidation sites excluding steroid dienone is 4. The predicted octanol–water partition coefficient (Wildman–Crippen LogP) is 9.73. The van der Waals surface area contributed by atoms with Gasteiger partial charge in [0.1, 0.15) is 19.8 Å². The minimum Gasteiger partial charge on any atom is -0.465 e. The highest BCUT2D eigenvalue weighted by molar-refractivity contribution is 5.70. The molecule has 0 saturated carbocycles. The van der Waals surface area contributed by atoms with E-state index < -0.39 is 5.41 Å². The number of nitrogens with zero attached hydrogens (tertiary/aromatic N) is 1. The lowest BCUT2D eigenvalue weighted by Crippen LogP contribution is -2.37. The molecule has 46 heavy (non-hydrogen) atoms. The van der Waals surface area contributed by atoms with Crippen molar-refractivity contribution in [3.05, 3.63) is 31.2 Å². The van der Waals surface area contributed by atoms with Crippen molar-refractivity contribution in [1.82, 2.24) is 4.90 Å². The molecule has 0 saturated heterocycles. The number of esters is 3. The molecule has 7 heteroatoms. The van der Waals surface area contributed by atoms with Crippen LogP contribution in [0.1, 0.15) is 155 Å². The molecule has 0 aliphatic carbocycles. The Morgan fingerprint density at radius 1 is 0.522 bits per heavy atom. The van der Waals surface area contributed by atoms with E-state index in [4.69, 9.17) is 14.2 Å². The number of ether oxygens (including phenoxy) is 3. The van der Waals surface area contributed by atoms with Crippen LogP contribution in [0, 0.1) is 12.3 Å². The van der Waals surface area contributed by atoms with Gasteiger partial charge < -0.3 is 19.1 Å². The van der Waals surface area contributed by atoms with Gasteiger partial charge in [-0.3, -0.25) is 14.4 Å². The highest BCUT2D eigenvalue weighted by atomic mass is 16.6. The molecular weight excluding hydrogens is 578 g/mol. The van der Waals surface area contributed by atoms with Gasteiger partial charge >= 0.3 is 17.9 Å². The van der Waals surface area contributed by atoms with E-state index in [1.54, 1.807) is 0 Å². The Morgan fingerprint density at radius 2 is 0.848 bits per heavy atom. The topological polar surface area (TPSA) is 82.1 Å². The van der Waals surface area contributed by atoms with E-state index in [1.807, 2.05) is 19.0 Å². The van der Waals surface area contributed by atoms with Crippen LogP contribution in [-0.4, -0.2) is 63.3 Å². The minimum absolute atomic E-state index is 0.0681. The van der Waals surface area contributed by atoms with E-state index in [0.717, 1.165) is 70.8 Å². The molecule has 0 fully saturated rings. The molecule has 0 amide bonds. The Kier molecular flexibility index (Phi) is 30.0. The smallest absolute Gasteiger partial charge is 0.305 e. The Labute approximate surface area is 283 Å². The van der Waals surface area contributed by atoms with Crippen molar-refractivity contribution in [2.45, 2.75) is 155 Å². The first kappa shape index (κ1) is 43.9. The third-order valence-electron chi connectivity index (χ3n) is 7.89. The summed E-state index contributed by atoms with van der Waals surface area (Å²) >= 11 is 0. The number of hydrogen-bond donors (Lipinski definition) is 0. The molecular formula is C39H70NO6.